The minimum atomic E-state index is -4.03. The monoisotopic (exact) mass is 573 g/mol. The highest BCUT2D eigenvalue weighted by molar-refractivity contribution is 9.11. The Labute approximate surface area is 195 Å². The van der Waals surface area contributed by atoms with Gasteiger partial charge in [0, 0.05) is 8.95 Å². The maximum absolute atomic E-state index is 12.6. The molecule has 1 N–H and O–H groups in total. The third kappa shape index (κ3) is 5.93. The van der Waals surface area contributed by atoms with E-state index in [9.17, 15) is 13.2 Å². The van der Waals surface area contributed by atoms with E-state index in [0.717, 1.165) is 12.8 Å². The molecule has 1 heterocycles. The Bertz CT molecular complexity index is 1120. The second kappa shape index (κ2) is 10.1. The summed E-state index contributed by atoms with van der Waals surface area (Å²) < 4.78 is 31.5. The van der Waals surface area contributed by atoms with Crippen molar-refractivity contribution in [1.29, 1.82) is 0 Å². The van der Waals surface area contributed by atoms with E-state index in [4.69, 9.17) is 4.18 Å². The van der Waals surface area contributed by atoms with Gasteiger partial charge in [0.1, 0.15) is 10.6 Å². The van der Waals surface area contributed by atoms with E-state index in [1.54, 1.807) is 24.3 Å². The number of nitrogens with one attached hydrogen (secondary N) is 1. The molecule has 2 aromatic carbocycles. The van der Waals surface area contributed by atoms with Gasteiger partial charge < -0.3 is 9.50 Å². The summed E-state index contributed by atoms with van der Waals surface area (Å²) >= 11 is 7.84. The lowest BCUT2D eigenvalue weighted by atomic mass is 10.2. The molecule has 1 atom stereocenters. The van der Waals surface area contributed by atoms with E-state index < -0.39 is 10.1 Å². The van der Waals surface area contributed by atoms with Crippen LogP contribution in [0, 0.1) is 0 Å². The van der Waals surface area contributed by atoms with Crippen molar-refractivity contribution in [3.05, 3.63) is 57.0 Å². The topological polar surface area (TPSA) is 97.2 Å². The van der Waals surface area contributed by atoms with Crippen molar-refractivity contribution in [3.63, 3.8) is 0 Å². The van der Waals surface area contributed by atoms with Crippen LogP contribution in [0.4, 0.5) is 0 Å². The van der Waals surface area contributed by atoms with Gasteiger partial charge in [0.2, 0.25) is 5.91 Å². The Hall–Kier alpha value is -1.69. The van der Waals surface area contributed by atoms with Gasteiger partial charge in [0.25, 0.3) is 0 Å². The standard InChI is InChI=1S/C19H17Br2N3O4S2/c1-2-4-16-18(25)23-19(29-16)24-22-11-12-5-3-6-14(9-12)28-30(26,27)17-10-13(20)7-8-15(17)21/h3,5-11,16H,2,4H2,1H3,(H,23,24,25). The second-order valence-corrected chi connectivity index (χ2v) is 10.7. The number of benzene rings is 2. The van der Waals surface area contributed by atoms with Crippen LogP contribution in [0.15, 0.2) is 66.5 Å². The average Bonchev–Trinajstić information content (AvgIpc) is 3.03. The summed E-state index contributed by atoms with van der Waals surface area (Å²) in [6.07, 6.45) is 3.15. The molecule has 158 valence electrons. The maximum Gasteiger partial charge on any atom is 0.340 e. The molecule has 7 nitrogen and oxygen atoms in total. The molecule has 0 spiro atoms. The fraction of sp³-hybridized carbons (Fsp3) is 0.211. The summed E-state index contributed by atoms with van der Waals surface area (Å²) in [7, 11) is -4.03. The highest BCUT2D eigenvalue weighted by Gasteiger charge is 2.29. The third-order valence-corrected chi connectivity index (χ3v) is 7.79. The minimum Gasteiger partial charge on any atom is -0.379 e. The Morgan fingerprint density at radius 2 is 2.03 bits per heavy atom. The quantitative estimate of drug-likeness (QED) is 0.294. The van der Waals surface area contributed by atoms with Crippen LogP contribution >= 0.6 is 43.6 Å². The van der Waals surface area contributed by atoms with Crippen LogP contribution in [0.5, 0.6) is 5.75 Å². The number of hydrogen-bond donors (Lipinski definition) is 1. The second-order valence-electron chi connectivity index (χ2n) is 6.22. The Balaban J connectivity index is 1.72. The van der Waals surface area contributed by atoms with Gasteiger partial charge in [-0.2, -0.15) is 13.5 Å². The lowest BCUT2D eigenvalue weighted by Gasteiger charge is -2.09. The molecule has 0 aromatic heterocycles. The summed E-state index contributed by atoms with van der Waals surface area (Å²) in [4.78, 5) is 11.8. The lowest BCUT2D eigenvalue weighted by molar-refractivity contribution is -0.118. The molecule has 1 fully saturated rings. The van der Waals surface area contributed by atoms with E-state index in [1.165, 1.54) is 36.2 Å². The molecule has 11 heteroatoms. The number of carbonyl (C=O) groups is 1. The Morgan fingerprint density at radius 1 is 1.23 bits per heavy atom. The molecule has 1 aliphatic heterocycles. The summed E-state index contributed by atoms with van der Waals surface area (Å²) in [5, 5.41) is 11.0. The van der Waals surface area contributed by atoms with Crippen LogP contribution in [-0.2, 0) is 14.9 Å². The van der Waals surface area contributed by atoms with Crippen molar-refractivity contribution < 1.29 is 17.4 Å². The van der Waals surface area contributed by atoms with Crippen molar-refractivity contribution in [1.82, 2.24) is 5.32 Å². The van der Waals surface area contributed by atoms with Crippen molar-refractivity contribution in [2.75, 3.05) is 0 Å². The zero-order chi connectivity index (χ0) is 21.7. The Morgan fingerprint density at radius 3 is 2.80 bits per heavy atom. The fourth-order valence-corrected chi connectivity index (χ4v) is 5.96. The van der Waals surface area contributed by atoms with Crippen molar-refractivity contribution in [2.45, 2.75) is 29.9 Å². The van der Waals surface area contributed by atoms with Gasteiger partial charge in [-0.15, -0.1) is 5.10 Å². The number of amidine groups is 1. The zero-order valence-electron chi connectivity index (χ0n) is 15.7. The van der Waals surface area contributed by atoms with Gasteiger partial charge in [-0.25, -0.2) is 0 Å². The summed E-state index contributed by atoms with van der Waals surface area (Å²) in [5.41, 5.74) is 0.597. The van der Waals surface area contributed by atoms with E-state index in [2.05, 4.69) is 47.4 Å². The van der Waals surface area contributed by atoms with Crippen LogP contribution in [0.3, 0.4) is 0 Å². The van der Waals surface area contributed by atoms with Gasteiger partial charge in [-0.1, -0.05) is 53.2 Å². The van der Waals surface area contributed by atoms with Crippen molar-refractivity contribution >= 4 is 71.0 Å². The molecule has 0 saturated carbocycles. The van der Waals surface area contributed by atoms with Crippen LogP contribution in [0.25, 0.3) is 0 Å². The van der Waals surface area contributed by atoms with Gasteiger partial charge in [-0.05, 0) is 58.2 Å². The molecule has 0 radical (unpaired) electrons. The van der Waals surface area contributed by atoms with Crippen molar-refractivity contribution in [2.24, 2.45) is 10.2 Å². The van der Waals surface area contributed by atoms with Gasteiger partial charge in [0.15, 0.2) is 5.17 Å². The fourth-order valence-electron chi connectivity index (χ4n) is 2.54. The van der Waals surface area contributed by atoms with E-state index >= 15 is 0 Å². The molecule has 1 aliphatic rings. The molecule has 1 amide bonds. The third-order valence-electron chi connectivity index (χ3n) is 3.91. The van der Waals surface area contributed by atoms with E-state index in [0.29, 0.717) is 19.7 Å². The maximum atomic E-state index is 12.6. The summed E-state index contributed by atoms with van der Waals surface area (Å²) in [5.74, 6) is 0.0835. The number of carbonyl (C=O) groups excluding carboxylic acids is 1. The highest BCUT2D eigenvalue weighted by atomic mass is 79.9. The predicted octanol–water partition coefficient (Wildman–Crippen LogP) is 4.70. The average molecular weight is 575 g/mol. The zero-order valence-corrected chi connectivity index (χ0v) is 20.5. The largest absolute Gasteiger partial charge is 0.379 e. The normalized spacial score (nSPS) is 18.2. The molecule has 30 heavy (non-hydrogen) atoms. The number of thioether (sulfide) groups is 1. The molecule has 1 saturated heterocycles. The first-order chi connectivity index (χ1) is 14.3. The van der Waals surface area contributed by atoms with Gasteiger partial charge in [-0.3, -0.25) is 4.79 Å². The first-order valence-corrected chi connectivity index (χ1v) is 12.7. The van der Waals surface area contributed by atoms with E-state index in [1.807, 2.05) is 6.92 Å². The highest BCUT2D eigenvalue weighted by Crippen LogP contribution is 2.28. The van der Waals surface area contributed by atoms with Gasteiger partial charge in [0.05, 0.1) is 11.5 Å². The smallest absolute Gasteiger partial charge is 0.340 e. The van der Waals surface area contributed by atoms with Gasteiger partial charge >= 0.3 is 10.1 Å². The first-order valence-electron chi connectivity index (χ1n) is 8.86. The Kier molecular flexibility index (Phi) is 7.72. The van der Waals surface area contributed by atoms with E-state index in [-0.39, 0.29) is 21.8 Å². The molecule has 1 unspecified atom stereocenters. The predicted molar refractivity (Wildman–Crippen MR) is 126 cm³/mol. The SMILES string of the molecule is CCCC1SC(=NN=Cc2cccc(OS(=O)(=O)c3cc(Br)ccc3Br)c2)NC1=O. The summed E-state index contributed by atoms with van der Waals surface area (Å²) in [6.45, 7) is 2.02. The molecule has 0 aliphatic carbocycles. The van der Waals surface area contributed by atoms with Crippen LogP contribution in [-0.4, -0.2) is 31.0 Å². The molecule has 2 aromatic rings. The summed E-state index contributed by atoms with van der Waals surface area (Å²) in [6, 6.07) is 11.3. The van der Waals surface area contributed by atoms with Crippen LogP contribution in [0.2, 0.25) is 0 Å². The number of hydrogen-bond acceptors (Lipinski definition) is 7. The number of nitrogens with zero attached hydrogens (tertiary/aromatic N) is 2. The van der Waals surface area contributed by atoms with Crippen LogP contribution < -0.4 is 9.50 Å². The number of halogens is 2. The van der Waals surface area contributed by atoms with Crippen molar-refractivity contribution in [3.8, 4) is 5.75 Å². The lowest BCUT2D eigenvalue weighted by Crippen LogP contribution is -2.24. The molecule has 3 rings (SSSR count). The molecular formula is C19H17Br2N3O4S2. The van der Waals surface area contributed by atoms with Crippen LogP contribution in [0.1, 0.15) is 25.3 Å². The number of amides is 1. The molecular weight excluding hydrogens is 558 g/mol. The number of rotatable bonds is 7. The molecule has 0 bridgehead atoms. The first kappa shape index (κ1) is 23.0. The minimum absolute atomic E-state index is 0.0120.